The highest BCUT2D eigenvalue weighted by molar-refractivity contribution is 6.22. The summed E-state index contributed by atoms with van der Waals surface area (Å²) in [5, 5.41) is 0. The number of fused-ring (bicyclic) bond motifs is 7. The van der Waals surface area contributed by atoms with Gasteiger partial charge in [-0.1, -0.05) is 109 Å². The van der Waals surface area contributed by atoms with Gasteiger partial charge in [-0.25, -0.2) is 0 Å². The maximum absolute atomic E-state index is 14.8. The zero-order valence-electron chi connectivity index (χ0n) is 19.6. The largest absolute Gasteiger partial charge is 0.448 e. The number of ether oxygens (including phenoxy) is 1. The second-order valence-corrected chi connectivity index (χ2v) is 9.85. The molecule has 0 aromatic heterocycles. The first-order valence-electron chi connectivity index (χ1n) is 12.1. The molecule has 3 aliphatic rings. The van der Waals surface area contributed by atoms with Gasteiger partial charge in [-0.15, -0.1) is 0 Å². The summed E-state index contributed by atoms with van der Waals surface area (Å²) < 4.78 is 6.34. The summed E-state index contributed by atoms with van der Waals surface area (Å²) in [6.45, 7) is 1.37. The minimum atomic E-state index is -1.39. The molecule has 7 rings (SSSR count). The number of hydrogen-bond donors (Lipinski definition) is 0. The van der Waals surface area contributed by atoms with Gasteiger partial charge in [-0.3, -0.25) is 14.4 Å². The molecule has 4 nitrogen and oxygen atoms in total. The Bertz CT molecular complexity index is 1590. The lowest BCUT2D eigenvalue weighted by Gasteiger charge is -2.36. The van der Waals surface area contributed by atoms with Crippen molar-refractivity contribution in [2.24, 2.45) is 5.41 Å². The van der Waals surface area contributed by atoms with Crippen LogP contribution in [0.3, 0.4) is 0 Å². The zero-order chi connectivity index (χ0) is 24.7. The first-order valence-corrected chi connectivity index (χ1v) is 12.1. The number of benzene rings is 4. The second kappa shape index (κ2) is 6.88. The zero-order valence-corrected chi connectivity index (χ0v) is 19.6. The average Bonchev–Trinajstić information content (AvgIpc) is 3.44. The monoisotopic (exact) mass is 470 g/mol. The number of Topliss-reactive ketones (excluding diaryl/α,β-unsaturated/α-hetero) is 2. The van der Waals surface area contributed by atoms with Crippen LogP contribution in [0.1, 0.15) is 55.8 Å². The van der Waals surface area contributed by atoms with Gasteiger partial charge in [0, 0.05) is 35.1 Å². The van der Waals surface area contributed by atoms with Gasteiger partial charge in [0.25, 0.3) is 0 Å². The van der Waals surface area contributed by atoms with Gasteiger partial charge in [0.15, 0.2) is 17.2 Å². The van der Waals surface area contributed by atoms with Crippen LogP contribution in [-0.4, -0.2) is 17.5 Å². The van der Waals surface area contributed by atoms with Crippen LogP contribution in [0.2, 0.25) is 0 Å². The molecule has 4 heteroatoms. The molecule has 0 amide bonds. The summed E-state index contributed by atoms with van der Waals surface area (Å²) in [6, 6.07) is 33.5. The fraction of sp³-hybridized carbons (Fsp3) is 0.156. The van der Waals surface area contributed by atoms with Crippen LogP contribution in [0.4, 0.5) is 0 Å². The molecular weight excluding hydrogens is 448 g/mol. The Hall–Kier alpha value is -4.31. The van der Waals surface area contributed by atoms with Crippen LogP contribution in [0, 0.1) is 5.41 Å². The molecule has 0 aliphatic heterocycles. The maximum atomic E-state index is 14.8. The first-order chi connectivity index (χ1) is 17.5. The number of carbonyl (C=O) groups excluding carboxylic acids is 3. The summed E-state index contributed by atoms with van der Waals surface area (Å²) in [7, 11) is 0. The van der Waals surface area contributed by atoms with Crippen LogP contribution in [0.25, 0.3) is 0 Å². The topological polar surface area (TPSA) is 60.4 Å². The highest BCUT2D eigenvalue weighted by atomic mass is 16.6. The van der Waals surface area contributed by atoms with Gasteiger partial charge in [0.05, 0.1) is 5.41 Å². The molecule has 2 unspecified atom stereocenters. The van der Waals surface area contributed by atoms with Crippen molar-refractivity contribution in [1.29, 1.82) is 0 Å². The van der Waals surface area contributed by atoms with Crippen molar-refractivity contribution < 1.29 is 19.1 Å². The molecule has 174 valence electrons. The molecule has 1 fully saturated rings. The minimum Gasteiger partial charge on any atom is -0.448 e. The van der Waals surface area contributed by atoms with E-state index in [1.807, 2.05) is 84.9 Å². The van der Waals surface area contributed by atoms with E-state index in [0.717, 1.165) is 22.3 Å². The fourth-order valence-corrected chi connectivity index (χ4v) is 7.51. The lowest BCUT2D eigenvalue weighted by Crippen LogP contribution is -2.46. The lowest BCUT2D eigenvalue weighted by molar-refractivity contribution is -0.158. The maximum Gasteiger partial charge on any atom is 0.303 e. The Morgan fingerprint density at radius 2 is 1.11 bits per heavy atom. The first kappa shape index (κ1) is 21.0. The third-order valence-electron chi connectivity index (χ3n) is 8.43. The van der Waals surface area contributed by atoms with Crippen molar-refractivity contribution in [1.82, 2.24) is 0 Å². The van der Waals surface area contributed by atoms with Gasteiger partial charge in [-0.05, 0) is 11.1 Å². The number of hydrogen-bond acceptors (Lipinski definition) is 4. The molecule has 1 saturated carbocycles. The Labute approximate surface area is 208 Å². The van der Waals surface area contributed by atoms with E-state index in [9.17, 15) is 14.4 Å². The molecule has 0 N–H and O–H groups in total. The SMILES string of the molecule is CC(=O)O[C@@]12c3ccccc3C3C(C(=O)c4ccccc4)(c4ccccc41)[C@]32C(=O)c1ccccc1. The summed E-state index contributed by atoms with van der Waals surface area (Å²) in [6.07, 6.45) is 0. The van der Waals surface area contributed by atoms with Crippen LogP contribution < -0.4 is 0 Å². The molecule has 0 heterocycles. The number of carbonyl (C=O) groups is 3. The summed E-state index contributed by atoms with van der Waals surface area (Å²) in [5.41, 5.74) is 0.323. The predicted molar refractivity (Wildman–Crippen MR) is 134 cm³/mol. The molecule has 4 aromatic carbocycles. The molecule has 4 aromatic rings. The summed E-state index contributed by atoms with van der Waals surface area (Å²) >= 11 is 0. The van der Waals surface area contributed by atoms with E-state index in [2.05, 4.69) is 0 Å². The van der Waals surface area contributed by atoms with E-state index >= 15 is 0 Å². The molecule has 0 spiro atoms. The van der Waals surface area contributed by atoms with Gasteiger partial charge < -0.3 is 4.74 Å². The normalized spacial score (nSPS) is 28.0. The van der Waals surface area contributed by atoms with Crippen molar-refractivity contribution in [3.8, 4) is 0 Å². The third kappa shape index (κ3) is 2.07. The Kier molecular flexibility index (Phi) is 4.02. The minimum absolute atomic E-state index is 0.117. The Morgan fingerprint density at radius 1 is 0.611 bits per heavy atom. The number of rotatable bonds is 5. The molecule has 4 atom stereocenters. The quantitative estimate of drug-likeness (QED) is 0.281. The van der Waals surface area contributed by atoms with E-state index in [4.69, 9.17) is 4.74 Å². The standard InChI is InChI=1S/C32H22O4/c1-20(33)36-32-24-17-9-8-16-23(24)27-30(25-18-10-11-19-26(25)32,28(34)21-12-4-2-5-13-21)31(27,32)29(35)22-14-6-3-7-15-22/h2-19,27H,1H3/t27?,30?,31-,32+/m1/s1. The van der Waals surface area contributed by atoms with Crippen molar-refractivity contribution in [2.75, 3.05) is 0 Å². The van der Waals surface area contributed by atoms with Gasteiger partial charge in [0.2, 0.25) is 0 Å². The van der Waals surface area contributed by atoms with E-state index < -0.39 is 28.3 Å². The Morgan fingerprint density at radius 3 is 1.72 bits per heavy atom. The van der Waals surface area contributed by atoms with E-state index in [1.54, 1.807) is 24.3 Å². The molecular formula is C32H22O4. The summed E-state index contributed by atoms with van der Waals surface area (Å²) in [4.78, 5) is 42.2. The third-order valence-corrected chi connectivity index (χ3v) is 8.43. The predicted octanol–water partition coefficient (Wildman–Crippen LogP) is 5.61. The molecule has 0 saturated heterocycles. The molecule has 3 aliphatic carbocycles. The van der Waals surface area contributed by atoms with Crippen LogP contribution in [0.15, 0.2) is 109 Å². The Balaban J connectivity index is 1.64. The molecule has 0 radical (unpaired) electrons. The highest BCUT2D eigenvalue weighted by Crippen LogP contribution is 2.92. The van der Waals surface area contributed by atoms with Crippen molar-refractivity contribution in [3.63, 3.8) is 0 Å². The number of esters is 1. The average molecular weight is 471 g/mol. The van der Waals surface area contributed by atoms with E-state index in [-0.39, 0.29) is 11.6 Å². The van der Waals surface area contributed by atoms with Crippen molar-refractivity contribution in [3.05, 3.63) is 143 Å². The fourth-order valence-electron chi connectivity index (χ4n) is 7.51. The molecule has 0 bridgehead atoms. The van der Waals surface area contributed by atoms with Gasteiger partial charge in [0.1, 0.15) is 5.41 Å². The van der Waals surface area contributed by atoms with Crippen LogP contribution >= 0.6 is 0 Å². The lowest BCUT2D eigenvalue weighted by atomic mass is 9.72. The van der Waals surface area contributed by atoms with Gasteiger partial charge in [-0.2, -0.15) is 0 Å². The summed E-state index contributed by atoms with van der Waals surface area (Å²) in [5.74, 6) is -1.23. The smallest absolute Gasteiger partial charge is 0.303 e. The van der Waals surface area contributed by atoms with Crippen molar-refractivity contribution >= 4 is 17.5 Å². The van der Waals surface area contributed by atoms with E-state index in [1.165, 1.54) is 6.92 Å². The van der Waals surface area contributed by atoms with E-state index in [0.29, 0.717) is 11.1 Å². The molecule has 36 heavy (non-hydrogen) atoms. The van der Waals surface area contributed by atoms with Crippen LogP contribution in [0.5, 0.6) is 0 Å². The van der Waals surface area contributed by atoms with Crippen molar-refractivity contribution in [2.45, 2.75) is 23.9 Å². The van der Waals surface area contributed by atoms with Gasteiger partial charge >= 0.3 is 5.97 Å². The highest BCUT2D eigenvalue weighted by Gasteiger charge is 2.99. The van der Waals surface area contributed by atoms with Crippen LogP contribution in [-0.2, 0) is 20.5 Å². The number of ketones is 2. The second-order valence-electron chi connectivity index (χ2n) is 9.85.